The molecule has 5 heteroatoms. The molecule has 1 saturated carbocycles. The monoisotopic (exact) mass is 176 g/mol. The van der Waals surface area contributed by atoms with E-state index < -0.39 is 11.4 Å². The van der Waals surface area contributed by atoms with Crippen molar-refractivity contribution in [2.75, 3.05) is 13.2 Å². The Labute approximate surface area is 66.7 Å². The molecule has 62 valence electrons. The molecule has 5 atom stereocenters. The fourth-order valence-corrected chi connectivity index (χ4v) is 2.51. The zero-order valence-electron chi connectivity index (χ0n) is 5.76. The Bertz CT molecular complexity index is 199. The SMILES string of the molecule is O=S1OC[C@@H]2[C@H](CO1)[C@@H]1O[C@H]21. The molecule has 11 heavy (non-hydrogen) atoms. The fraction of sp³-hybridized carbons (Fsp3) is 1.00. The second-order valence-electron chi connectivity index (χ2n) is 3.17. The van der Waals surface area contributed by atoms with E-state index in [9.17, 15) is 4.21 Å². The molecule has 3 fully saturated rings. The molecule has 3 aliphatic rings. The van der Waals surface area contributed by atoms with Crippen molar-refractivity contribution < 1.29 is 17.3 Å². The number of epoxide rings is 1. The van der Waals surface area contributed by atoms with Gasteiger partial charge in [-0.25, -0.2) is 0 Å². The molecule has 1 aliphatic carbocycles. The molecule has 0 amide bonds. The zero-order chi connectivity index (χ0) is 7.42. The van der Waals surface area contributed by atoms with Gasteiger partial charge in [0.05, 0.1) is 25.4 Å². The first-order valence-corrected chi connectivity index (χ1v) is 4.70. The summed E-state index contributed by atoms with van der Waals surface area (Å²) >= 11 is -1.51. The van der Waals surface area contributed by atoms with Gasteiger partial charge in [-0.2, -0.15) is 4.21 Å². The molecule has 0 spiro atoms. The van der Waals surface area contributed by atoms with E-state index in [-0.39, 0.29) is 0 Å². The topological polar surface area (TPSA) is 48.1 Å². The number of hydrogen-bond donors (Lipinski definition) is 0. The van der Waals surface area contributed by atoms with Gasteiger partial charge in [0.2, 0.25) is 0 Å². The van der Waals surface area contributed by atoms with Crippen LogP contribution < -0.4 is 0 Å². The fourth-order valence-electron chi connectivity index (χ4n) is 1.91. The lowest BCUT2D eigenvalue weighted by molar-refractivity contribution is 0.150. The summed E-state index contributed by atoms with van der Waals surface area (Å²) in [7, 11) is 0. The van der Waals surface area contributed by atoms with Crippen LogP contribution in [0.5, 0.6) is 0 Å². The van der Waals surface area contributed by atoms with Crippen LogP contribution in [0.25, 0.3) is 0 Å². The van der Waals surface area contributed by atoms with E-state index in [1.54, 1.807) is 0 Å². The van der Waals surface area contributed by atoms with Gasteiger partial charge in [-0.05, 0) is 0 Å². The molecule has 1 unspecified atom stereocenters. The van der Waals surface area contributed by atoms with Gasteiger partial charge in [0.15, 0.2) is 0 Å². The van der Waals surface area contributed by atoms with Crippen molar-refractivity contribution in [1.29, 1.82) is 0 Å². The van der Waals surface area contributed by atoms with Crippen LogP contribution in [0.15, 0.2) is 0 Å². The minimum atomic E-state index is -1.51. The van der Waals surface area contributed by atoms with Crippen LogP contribution in [0.2, 0.25) is 0 Å². The molecule has 0 N–H and O–H groups in total. The first-order chi connectivity index (χ1) is 5.36. The minimum absolute atomic E-state index is 0.388. The summed E-state index contributed by atoms with van der Waals surface area (Å²) in [6.45, 7) is 1.05. The largest absolute Gasteiger partial charge is 0.369 e. The van der Waals surface area contributed by atoms with Crippen molar-refractivity contribution in [2.24, 2.45) is 11.8 Å². The molecule has 2 saturated heterocycles. The van der Waals surface area contributed by atoms with Gasteiger partial charge < -0.3 is 4.74 Å². The number of ether oxygens (including phenoxy) is 1. The van der Waals surface area contributed by atoms with Crippen LogP contribution in [-0.4, -0.2) is 29.6 Å². The van der Waals surface area contributed by atoms with E-state index >= 15 is 0 Å². The van der Waals surface area contributed by atoms with Crippen LogP contribution in [0.3, 0.4) is 0 Å². The summed E-state index contributed by atoms with van der Waals surface area (Å²) in [6, 6.07) is 0. The lowest BCUT2D eigenvalue weighted by Gasteiger charge is -2.26. The molecular weight excluding hydrogens is 168 g/mol. The quantitative estimate of drug-likeness (QED) is 0.472. The minimum Gasteiger partial charge on any atom is -0.369 e. The number of hydrogen-bond acceptors (Lipinski definition) is 4. The van der Waals surface area contributed by atoms with Crippen LogP contribution in [0, 0.1) is 11.8 Å². The maximum atomic E-state index is 10.7. The van der Waals surface area contributed by atoms with Crippen LogP contribution in [-0.2, 0) is 24.5 Å². The summed E-state index contributed by atoms with van der Waals surface area (Å²) in [6.07, 6.45) is 0.775. The van der Waals surface area contributed by atoms with Crippen molar-refractivity contribution in [3.63, 3.8) is 0 Å². The molecule has 3 rings (SSSR count). The highest BCUT2D eigenvalue weighted by atomic mass is 32.2. The van der Waals surface area contributed by atoms with Gasteiger partial charge in [-0.1, -0.05) is 0 Å². The average Bonchev–Trinajstić information content (AvgIpc) is 2.64. The highest BCUT2D eigenvalue weighted by Gasteiger charge is 2.64. The van der Waals surface area contributed by atoms with Crippen molar-refractivity contribution in [3.05, 3.63) is 0 Å². The summed E-state index contributed by atoms with van der Waals surface area (Å²) in [4.78, 5) is 0. The molecule has 2 aliphatic heterocycles. The predicted octanol–water partition coefficient (Wildman–Crippen LogP) is -0.375. The van der Waals surface area contributed by atoms with E-state index in [1.165, 1.54) is 0 Å². The molecule has 0 aromatic rings. The van der Waals surface area contributed by atoms with Gasteiger partial charge >= 0.3 is 11.4 Å². The van der Waals surface area contributed by atoms with Crippen molar-refractivity contribution in [3.8, 4) is 0 Å². The summed E-state index contributed by atoms with van der Waals surface area (Å²) in [5, 5.41) is 0. The van der Waals surface area contributed by atoms with E-state index in [2.05, 4.69) is 0 Å². The standard InChI is InChI=1S/C6H8O4S/c7-11-8-1-3-4(2-9-11)6-5(3)10-6/h3-6H,1-2H2/t3-,4+,5-,6+,11?. The van der Waals surface area contributed by atoms with Crippen LogP contribution >= 0.6 is 0 Å². The van der Waals surface area contributed by atoms with E-state index in [0.717, 1.165) is 0 Å². The van der Waals surface area contributed by atoms with Gasteiger partial charge in [0.1, 0.15) is 0 Å². The maximum Gasteiger partial charge on any atom is 0.304 e. The Kier molecular flexibility index (Phi) is 1.21. The maximum absolute atomic E-state index is 10.7. The Hall–Kier alpha value is 0.0300. The Morgan fingerprint density at radius 1 is 1.09 bits per heavy atom. The van der Waals surface area contributed by atoms with E-state index in [0.29, 0.717) is 37.3 Å². The smallest absolute Gasteiger partial charge is 0.304 e. The highest BCUT2D eigenvalue weighted by Crippen LogP contribution is 2.52. The van der Waals surface area contributed by atoms with Crippen molar-refractivity contribution in [2.45, 2.75) is 12.2 Å². The molecular formula is C6H8O4S. The summed E-state index contributed by atoms with van der Waals surface area (Å²) < 4.78 is 25.9. The second kappa shape index (κ2) is 2.04. The lowest BCUT2D eigenvalue weighted by Crippen LogP contribution is -2.40. The van der Waals surface area contributed by atoms with E-state index in [4.69, 9.17) is 13.1 Å². The van der Waals surface area contributed by atoms with Crippen LogP contribution in [0.1, 0.15) is 0 Å². The molecule has 0 radical (unpaired) electrons. The normalized spacial score (nSPS) is 60.2. The molecule has 0 aromatic heterocycles. The van der Waals surface area contributed by atoms with Crippen molar-refractivity contribution in [1.82, 2.24) is 0 Å². The molecule has 4 nitrogen and oxygen atoms in total. The second-order valence-corrected chi connectivity index (χ2v) is 4.05. The predicted molar refractivity (Wildman–Crippen MR) is 35.7 cm³/mol. The van der Waals surface area contributed by atoms with Crippen LogP contribution in [0.4, 0.5) is 0 Å². The first kappa shape index (κ1) is 6.54. The van der Waals surface area contributed by atoms with Gasteiger partial charge in [0, 0.05) is 11.8 Å². The van der Waals surface area contributed by atoms with Gasteiger partial charge in [-0.15, -0.1) is 0 Å². The number of rotatable bonds is 0. The lowest BCUT2D eigenvalue weighted by atomic mass is 9.75. The van der Waals surface area contributed by atoms with Gasteiger partial charge in [-0.3, -0.25) is 8.37 Å². The summed E-state index contributed by atoms with van der Waals surface area (Å²) in [5.74, 6) is 0.873. The Morgan fingerprint density at radius 3 is 2.18 bits per heavy atom. The highest BCUT2D eigenvalue weighted by molar-refractivity contribution is 7.75. The number of fused-ring (bicyclic) bond motifs is 4. The van der Waals surface area contributed by atoms with E-state index in [1.807, 2.05) is 0 Å². The molecule has 2 heterocycles. The Balaban J connectivity index is 1.76. The third-order valence-corrected chi connectivity index (χ3v) is 3.33. The first-order valence-electron chi connectivity index (χ1n) is 3.70. The Morgan fingerprint density at radius 2 is 1.64 bits per heavy atom. The van der Waals surface area contributed by atoms with Crippen molar-refractivity contribution >= 4 is 11.4 Å². The third-order valence-electron chi connectivity index (χ3n) is 2.67. The van der Waals surface area contributed by atoms with Gasteiger partial charge in [0.25, 0.3) is 0 Å². The average molecular weight is 176 g/mol. The summed E-state index contributed by atoms with van der Waals surface area (Å²) in [5.41, 5.74) is 0. The zero-order valence-corrected chi connectivity index (χ0v) is 6.58. The molecule has 0 bridgehead atoms. The third kappa shape index (κ3) is 0.823. The molecule has 0 aromatic carbocycles.